The maximum Gasteiger partial charge on any atom is 0.326 e. The number of amides is 1. The van der Waals surface area contributed by atoms with Gasteiger partial charge in [0.05, 0.1) is 5.69 Å². The summed E-state index contributed by atoms with van der Waals surface area (Å²) in [4.78, 5) is 23.4. The van der Waals surface area contributed by atoms with Crippen molar-refractivity contribution in [1.82, 2.24) is 15.1 Å². The SMILES string of the molecule is C=CCCC(NC(=O)c1cc(C(C)(C)C)nn1C)C(=O)O. The van der Waals surface area contributed by atoms with Gasteiger partial charge in [-0.15, -0.1) is 6.58 Å². The summed E-state index contributed by atoms with van der Waals surface area (Å²) in [5, 5.41) is 16.0. The van der Waals surface area contributed by atoms with Gasteiger partial charge in [-0.3, -0.25) is 9.48 Å². The minimum absolute atomic E-state index is 0.175. The van der Waals surface area contributed by atoms with E-state index in [2.05, 4.69) is 17.0 Å². The molecule has 1 heterocycles. The summed E-state index contributed by atoms with van der Waals surface area (Å²) in [6.07, 6.45) is 2.47. The van der Waals surface area contributed by atoms with E-state index in [4.69, 9.17) is 5.11 Å². The van der Waals surface area contributed by atoms with Crippen LogP contribution in [0.3, 0.4) is 0 Å². The number of aryl methyl sites for hydroxylation is 1. The molecule has 1 unspecified atom stereocenters. The molecule has 116 valence electrons. The van der Waals surface area contributed by atoms with Gasteiger partial charge in [-0.05, 0) is 18.9 Å². The number of nitrogens with one attached hydrogen (secondary N) is 1. The van der Waals surface area contributed by atoms with Gasteiger partial charge in [0.15, 0.2) is 0 Å². The molecule has 21 heavy (non-hydrogen) atoms. The fraction of sp³-hybridized carbons (Fsp3) is 0.533. The van der Waals surface area contributed by atoms with Crippen molar-refractivity contribution in [3.8, 4) is 0 Å². The maximum absolute atomic E-state index is 12.2. The van der Waals surface area contributed by atoms with Gasteiger partial charge in [0, 0.05) is 12.5 Å². The van der Waals surface area contributed by atoms with Gasteiger partial charge < -0.3 is 10.4 Å². The van der Waals surface area contributed by atoms with E-state index in [9.17, 15) is 9.59 Å². The first-order valence-electron chi connectivity index (χ1n) is 6.86. The maximum atomic E-state index is 12.2. The molecule has 1 rings (SSSR count). The molecule has 0 aliphatic carbocycles. The lowest BCUT2D eigenvalue weighted by Crippen LogP contribution is -2.41. The topological polar surface area (TPSA) is 84.2 Å². The van der Waals surface area contributed by atoms with Crippen LogP contribution in [0.4, 0.5) is 0 Å². The minimum Gasteiger partial charge on any atom is -0.480 e. The third-order valence-electron chi connectivity index (χ3n) is 3.14. The predicted molar refractivity (Wildman–Crippen MR) is 80.2 cm³/mol. The highest BCUT2D eigenvalue weighted by atomic mass is 16.4. The van der Waals surface area contributed by atoms with E-state index in [0.717, 1.165) is 5.69 Å². The Kier molecular flexibility index (Phi) is 5.29. The monoisotopic (exact) mass is 293 g/mol. The minimum atomic E-state index is -1.05. The first-order valence-corrected chi connectivity index (χ1v) is 6.86. The number of carboxylic acid groups (broad SMARTS) is 1. The van der Waals surface area contributed by atoms with Gasteiger partial charge in [0.2, 0.25) is 0 Å². The van der Waals surface area contributed by atoms with E-state index in [1.54, 1.807) is 19.2 Å². The van der Waals surface area contributed by atoms with Crippen molar-refractivity contribution in [3.63, 3.8) is 0 Å². The van der Waals surface area contributed by atoms with Gasteiger partial charge in [0.25, 0.3) is 5.91 Å². The Morgan fingerprint density at radius 2 is 2.14 bits per heavy atom. The zero-order chi connectivity index (χ0) is 16.2. The van der Waals surface area contributed by atoms with Gasteiger partial charge in [0.1, 0.15) is 11.7 Å². The van der Waals surface area contributed by atoms with Crippen molar-refractivity contribution in [2.24, 2.45) is 7.05 Å². The van der Waals surface area contributed by atoms with Crippen LogP contribution >= 0.6 is 0 Å². The molecular formula is C15H23N3O3. The number of carboxylic acids is 1. The number of aliphatic carboxylic acids is 1. The summed E-state index contributed by atoms with van der Waals surface area (Å²) >= 11 is 0. The van der Waals surface area contributed by atoms with Crippen molar-refractivity contribution >= 4 is 11.9 Å². The van der Waals surface area contributed by atoms with E-state index >= 15 is 0 Å². The molecule has 1 aromatic rings. The summed E-state index contributed by atoms with van der Waals surface area (Å²) in [6, 6.07) is 0.769. The average molecular weight is 293 g/mol. The Morgan fingerprint density at radius 1 is 1.52 bits per heavy atom. The molecule has 0 aliphatic rings. The highest BCUT2D eigenvalue weighted by Gasteiger charge is 2.25. The van der Waals surface area contributed by atoms with Crippen molar-refractivity contribution in [2.75, 3.05) is 0 Å². The summed E-state index contributed by atoms with van der Waals surface area (Å²) in [5.74, 6) is -1.49. The van der Waals surface area contributed by atoms with Crippen LogP contribution in [0.25, 0.3) is 0 Å². The van der Waals surface area contributed by atoms with Crippen LogP contribution in [0.15, 0.2) is 18.7 Å². The Morgan fingerprint density at radius 3 is 2.57 bits per heavy atom. The number of rotatable bonds is 6. The molecule has 6 heteroatoms. The normalized spacial score (nSPS) is 12.8. The van der Waals surface area contributed by atoms with Crippen LogP contribution in [0.1, 0.15) is 49.8 Å². The molecule has 1 atom stereocenters. The Balaban J connectivity index is 2.90. The van der Waals surface area contributed by atoms with Crippen LogP contribution in [0, 0.1) is 0 Å². The van der Waals surface area contributed by atoms with Gasteiger partial charge in [-0.1, -0.05) is 26.8 Å². The number of hydrogen-bond acceptors (Lipinski definition) is 3. The summed E-state index contributed by atoms with van der Waals surface area (Å²) in [7, 11) is 1.67. The quantitative estimate of drug-likeness (QED) is 0.784. The van der Waals surface area contributed by atoms with E-state index in [1.165, 1.54) is 4.68 Å². The number of aromatic nitrogens is 2. The van der Waals surface area contributed by atoms with Crippen LogP contribution in [0.5, 0.6) is 0 Å². The van der Waals surface area contributed by atoms with Crippen LogP contribution in [-0.2, 0) is 17.3 Å². The van der Waals surface area contributed by atoms with E-state index in [-0.39, 0.29) is 5.41 Å². The molecule has 0 saturated heterocycles. The Bertz CT molecular complexity index is 541. The number of allylic oxidation sites excluding steroid dienone is 1. The molecule has 1 aromatic heterocycles. The van der Waals surface area contributed by atoms with E-state index in [1.807, 2.05) is 20.8 Å². The first-order chi connectivity index (χ1) is 9.66. The second-order valence-electron chi connectivity index (χ2n) is 6.02. The van der Waals surface area contributed by atoms with Crippen LogP contribution < -0.4 is 5.32 Å². The lowest BCUT2D eigenvalue weighted by atomic mass is 9.92. The zero-order valence-corrected chi connectivity index (χ0v) is 13.0. The molecule has 0 fully saturated rings. The summed E-state index contributed by atoms with van der Waals surface area (Å²) in [5.41, 5.74) is 0.962. The molecule has 0 spiro atoms. The van der Waals surface area contributed by atoms with E-state index in [0.29, 0.717) is 18.5 Å². The van der Waals surface area contributed by atoms with Crippen molar-refractivity contribution in [3.05, 3.63) is 30.1 Å². The van der Waals surface area contributed by atoms with Gasteiger partial charge in [-0.2, -0.15) is 5.10 Å². The lowest BCUT2D eigenvalue weighted by molar-refractivity contribution is -0.139. The highest BCUT2D eigenvalue weighted by molar-refractivity contribution is 5.95. The highest BCUT2D eigenvalue weighted by Crippen LogP contribution is 2.21. The molecular weight excluding hydrogens is 270 g/mol. The van der Waals surface area contributed by atoms with Gasteiger partial charge in [-0.25, -0.2) is 4.79 Å². The molecule has 1 amide bonds. The second-order valence-corrected chi connectivity index (χ2v) is 6.02. The fourth-order valence-corrected chi connectivity index (χ4v) is 1.82. The molecule has 0 bridgehead atoms. The molecule has 6 nitrogen and oxygen atoms in total. The largest absolute Gasteiger partial charge is 0.480 e. The third kappa shape index (κ3) is 4.44. The number of hydrogen-bond donors (Lipinski definition) is 2. The summed E-state index contributed by atoms with van der Waals surface area (Å²) < 4.78 is 1.47. The number of carbonyl (C=O) groups excluding carboxylic acids is 1. The van der Waals surface area contributed by atoms with Crippen molar-refractivity contribution < 1.29 is 14.7 Å². The fourth-order valence-electron chi connectivity index (χ4n) is 1.82. The van der Waals surface area contributed by atoms with Crippen LogP contribution in [-0.4, -0.2) is 32.8 Å². The molecule has 0 aliphatic heterocycles. The second kappa shape index (κ2) is 6.56. The van der Waals surface area contributed by atoms with Crippen molar-refractivity contribution in [2.45, 2.75) is 45.1 Å². The van der Waals surface area contributed by atoms with E-state index < -0.39 is 17.9 Å². The Labute approximate surface area is 124 Å². The number of nitrogens with zero attached hydrogens (tertiary/aromatic N) is 2. The molecule has 2 N–H and O–H groups in total. The molecule has 0 radical (unpaired) electrons. The zero-order valence-electron chi connectivity index (χ0n) is 13.0. The molecule has 0 aromatic carbocycles. The first kappa shape index (κ1) is 16.9. The standard InChI is InChI=1S/C15H23N3O3/c1-6-7-8-10(14(20)21)16-13(19)11-9-12(15(2,3)4)17-18(11)5/h6,9-10H,1,7-8H2,2-5H3,(H,16,19)(H,20,21). The smallest absolute Gasteiger partial charge is 0.326 e. The van der Waals surface area contributed by atoms with Crippen molar-refractivity contribution in [1.29, 1.82) is 0 Å². The summed E-state index contributed by atoms with van der Waals surface area (Å²) in [6.45, 7) is 9.56. The number of carbonyl (C=O) groups is 2. The third-order valence-corrected chi connectivity index (χ3v) is 3.14. The predicted octanol–water partition coefficient (Wildman–Crippen LogP) is 1.87. The lowest BCUT2D eigenvalue weighted by Gasteiger charge is -2.14. The Hall–Kier alpha value is -2.11. The van der Waals surface area contributed by atoms with Gasteiger partial charge >= 0.3 is 5.97 Å². The van der Waals surface area contributed by atoms with Crippen LogP contribution in [0.2, 0.25) is 0 Å². The average Bonchev–Trinajstić information content (AvgIpc) is 2.76. The molecule has 0 saturated carbocycles.